The molecule has 1 aromatic carbocycles. The van der Waals surface area contributed by atoms with E-state index in [2.05, 4.69) is 0 Å². The number of nitrogens with zero attached hydrogens (tertiary/aromatic N) is 1. The molecule has 4 rings (SSSR count). The van der Waals surface area contributed by atoms with E-state index in [1.165, 1.54) is 0 Å². The second-order valence-corrected chi connectivity index (χ2v) is 7.18. The van der Waals surface area contributed by atoms with Crippen molar-refractivity contribution in [3.8, 4) is 0 Å². The lowest BCUT2D eigenvalue weighted by molar-refractivity contribution is -0.152. The molecule has 5 nitrogen and oxygen atoms in total. The monoisotopic (exact) mass is 341 g/mol. The Labute approximate surface area is 147 Å². The number of amides is 1. The van der Waals surface area contributed by atoms with E-state index >= 15 is 0 Å². The molecule has 1 spiro atoms. The second-order valence-electron chi connectivity index (χ2n) is 7.18. The van der Waals surface area contributed by atoms with Gasteiger partial charge in [-0.15, -0.1) is 0 Å². The van der Waals surface area contributed by atoms with Gasteiger partial charge in [-0.05, 0) is 25.5 Å². The molecule has 2 fully saturated rings. The summed E-state index contributed by atoms with van der Waals surface area (Å²) < 4.78 is 11.5. The first kappa shape index (κ1) is 16.3. The molecular weight excluding hydrogens is 318 g/mol. The SMILES string of the molecule is CCCCOC(=O)[C@H]1[C@@H]2C=C[C@]3(CN(c4ccc(C)cc4)C(=O)[C@@H]13)O2. The predicted molar refractivity (Wildman–Crippen MR) is 93.1 cm³/mol. The van der Waals surface area contributed by atoms with Gasteiger partial charge in [0.2, 0.25) is 5.91 Å². The third-order valence-corrected chi connectivity index (χ3v) is 5.46. The van der Waals surface area contributed by atoms with Gasteiger partial charge in [0.15, 0.2) is 0 Å². The molecule has 0 radical (unpaired) electrons. The molecule has 25 heavy (non-hydrogen) atoms. The predicted octanol–water partition coefficient (Wildman–Crippen LogP) is 2.62. The van der Waals surface area contributed by atoms with Gasteiger partial charge in [0.25, 0.3) is 0 Å². The van der Waals surface area contributed by atoms with Crippen molar-refractivity contribution >= 4 is 17.6 Å². The van der Waals surface area contributed by atoms with Gasteiger partial charge in [-0.25, -0.2) is 0 Å². The minimum atomic E-state index is -0.693. The van der Waals surface area contributed by atoms with Crippen LogP contribution in [0, 0.1) is 18.8 Å². The number of esters is 1. The molecule has 2 saturated heterocycles. The van der Waals surface area contributed by atoms with E-state index in [4.69, 9.17) is 9.47 Å². The third-order valence-electron chi connectivity index (χ3n) is 5.46. The maximum atomic E-state index is 13.1. The minimum Gasteiger partial charge on any atom is -0.465 e. The van der Waals surface area contributed by atoms with Crippen molar-refractivity contribution in [3.05, 3.63) is 42.0 Å². The Morgan fingerprint density at radius 1 is 1.36 bits per heavy atom. The first-order chi connectivity index (χ1) is 12.1. The fourth-order valence-corrected chi connectivity index (χ4v) is 4.12. The second kappa shape index (κ2) is 5.99. The Morgan fingerprint density at radius 2 is 2.12 bits per heavy atom. The quantitative estimate of drug-likeness (QED) is 0.469. The molecule has 1 aromatic rings. The van der Waals surface area contributed by atoms with Crippen LogP contribution in [0.3, 0.4) is 0 Å². The molecule has 0 unspecified atom stereocenters. The lowest BCUT2D eigenvalue weighted by Crippen LogP contribution is -2.40. The summed E-state index contributed by atoms with van der Waals surface area (Å²) in [5.41, 5.74) is 1.29. The molecule has 4 atom stereocenters. The number of carbonyl (C=O) groups excluding carboxylic acids is 2. The van der Waals surface area contributed by atoms with Crippen LogP contribution in [0.4, 0.5) is 5.69 Å². The number of fused-ring (bicyclic) bond motifs is 1. The van der Waals surface area contributed by atoms with Crippen molar-refractivity contribution in [1.29, 1.82) is 0 Å². The average Bonchev–Trinajstić information content (AvgIpc) is 3.24. The highest BCUT2D eigenvalue weighted by atomic mass is 16.6. The van der Waals surface area contributed by atoms with Crippen molar-refractivity contribution in [2.75, 3.05) is 18.1 Å². The summed E-state index contributed by atoms with van der Waals surface area (Å²) in [6.07, 6.45) is 5.33. The van der Waals surface area contributed by atoms with E-state index in [9.17, 15) is 9.59 Å². The van der Waals surface area contributed by atoms with Crippen LogP contribution in [-0.2, 0) is 19.1 Å². The number of unbranched alkanes of at least 4 members (excludes halogenated alkanes) is 1. The molecule has 132 valence electrons. The summed E-state index contributed by atoms with van der Waals surface area (Å²) in [4.78, 5) is 27.4. The normalized spacial score (nSPS) is 32.3. The molecule has 0 aliphatic carbocycles. The van der Waals surface area contributed by atoms with E-state index in [-0.39, 0.29) is 18.0 Å². The Balaban J connectivity index is 1.59. The average molecular weight is 341 g/mol. The molecule has 5 heteroatoms. The van der Waals surface area contributed by atoms with Gasteiger partial charge in [-0.2, -0.15) is 0 Å². The molecule has 2 bridgehead atoms. The zero-order chi connectivity index (χ0) is 17.6. The topological polar surface area (TPSA) is 55.8 Å². The van der Waals surface area contributed by atoms with Crippen molar-refractivity contribution in [2.24, 2.45) is 11.8 Å². The Bertz CT molecular complexity index is 726. The number of anilines is 1. The van der Waals surface area contributed by atoms with Crippen LogP contribution in [0.5, 0.6) is 0 Å². The Hall–Kier alpha value is -2.14. The van der Waals surface area contributed by atoms with Crippen molar-refractivity contribution in [2.45, 2.75) is 38.4 Å². The van der Waals surface area contributed by atoms with Gasteiger partial charge in [-0.1, -0.05) is 43.2 Å². The highest BCUT2D eigenvalue weighted by Crippen LogP contribution is 2.52. The van der Waals surface area contributed by atoms with Crippen LogP contribution in [0.1, 0.15) is 25.3 Å². The van der Waals surface area contributed by atoms with E-state index in [0.717, 1.165) is 24.1 Å². The summed E-state index contributed by atoms with van der Waals surface area (Å²) in [5.74, 6) is -1.38. The number of ether oxygens (including phenoxy) is 2. The molecule has 0 saturated carbocycles. The van der Waals surface area contributed by atoms with Crippen molar-refractivity contribution < 1.29 is 19.1 Å². The maximum Gasteiger partial charge on any atom is 0.312 e. The van der Waals surface area contributed by atoms with Crippen LogP contribution in [-0.4, -0.2) is 36.7 Å². The summed E-state index contributed by atoms with van der Waals surface area (Å²) >= 11 is 0. The number of hydrogen-bond acceptors (Lipinski definition) is 4. The van der Waals surface area contributed by atoms with Crippen LogP contribution in [0.2, 0.25) is 0 Å². The molecule has 0 aromatic heterocycles. The standard InChI is InChI=1S/C20H23NO4/c1-3-4-11-24-19(23)16-15-9-10-20(25-15)12-21(18(22)17(16)20)14-7-5-13(2)6-8-14/h5-10,15-17H,3-4,11-12H2,1-2H3/t15-,16-,17+,20+/m0/s1. The highest BCUT2D eigenvalue weighted by Gasteiger charge is 2.67. The summed E-state index contributed by atoms with van der Waals surface area (Å²) in [7, 11) is 0. The Morgan fingerprint density at radius 3 is 2.84 bits per heavy atom. The fourth-order valence-electron chi connectivity index (χ4n) is 4.12. The number of benzene rings is 1. The van der Waals surface area contributed by atoms with Crippen LogP contribution < -0.4 is 4.90 Å². The molecule has 3 heterocycles. The summed E-state index contributed by atoms with van der Waals surface area (Å²) in [6.45, 7) is 4.91. The molecule has 3 aliphatic heterocycles. The minimum absolute atomic E-state index is 0.0480. The van der Waals surface area contributed by atoms with Gasteiger partial charge >= 0.3 is 5.97 Å². The van der Waals surface area contributed by atoms with Crippen molar-refractivity contribution in [3.63, 3.8) is 0 Å². The van der Waals surface area contributed by atoms with E-state index in [1.54, 1.807) is 4.90 Å². The van der Waals surface area contributed by atoms with Crippen LogP contribution in [0.25, 0.3) is 0 Å². The number of hydrogen-bond donors (Lipinski definition) is 0. The van der Waals surface area contributed by atoms with Gasteiger partial charge in [0.1, 0.15) is 11.5 Å². The van der Waals surface area contributed by atoms with E-state index in [1.807, 2.05) is 50.3 Å². The lowest BCUT2D eigenvalue weighted by atomic mass is 9.77. The highest BCUT2D eigenvalue weighted by molar-refractivity contribution is 6.02. The van der Waals surface area contributed by atoms with Gasteiger partial charge < -0.3 is 14.4 Å². The molecule has 1 amide bonds. The van der Waals surface area contributed by atoms with Crippen LogP contribution in [0.15, 0.2) is 36.4 Å². The fraction of sp³-hybridized carbons (Fsp3) is 0.500. The van der Waals surface area contributed by atoms with Crippen LogP contribution >= 0.6 is 0 Å². The molecule has 0 N–H and O–H groups in total. The van der Waals surface area contributed by atoms with Gasteiger partial charge in [-0.3, -0.25) is 9.59 Å². The largest absolute Gasteiger partial charge is 0.465 e. The van der Waals surface area contributed by atoms with Gasteiger partial charge in [0.05, 0.1) is 25.2 Å². The lowest BCUT2D eigenvalue weighted by Gasteiger charge is -2.22. The molecular formula is C20H23NO4. The zero-order valence-corrected chi connectivity index (χ0v) is 14.6. The smallest absolute Gasteiger partial charge is 0.312 e. The maximum absolute atomic E-state index is 13.1. The number of aryl methyl sites for hydroxylation is 1. The van der Waals surface area contributed by atoms with Crippen molar-refractivity contribution in [1.82, 2.24) is 0 Å². The third kappa shape index (κ3) is 2.49. The number of carbonyl (C=O) groups is 2. The Kier molecular flexibility index (Phi) is 3.91. The summed E-state index contributed by atoms with van der Waals surface area (Å²) in [6, 6.07) is 7.85. The number of rotatable bonds is 5. The van der Waals surface area contributed by atoms with E-state index in [0.29, 0.717) is 13.2 Å². The first-order valence-corrected chi connectivity index (χ1v) is 8.97. The molecule has 3 aliphatic rings. The van der Waals surface area contributed by atoms with E-state index < -0.39 is 17.4 Å². The first-order valence-electron chi connectivity index (χ1n) is 8.97. The zero-order valence-electron chi connectivity index (χ0n) is 14.6. The summed E-state index contributed by atoms with van der Waals surface area (Å²) in [5, 5.41) is 0. The van der Waals surface area contributed by atoms with Gasteiger partial charge in [0, 0.05) is 5.69 Å².